The second-order valence-corrected chi connectivity index (χ2v) is 4.83. The predicted molar refractivity (Wildman–Crippen MR) is 83.9 cm³/mol. The summed E-state index contributed by atoms with van der Waals surface area (Å²) in [7, 11) is 0. The first-order valence-electron chi connectivity index (χ1n) is 6.41. The van der Waals surface area contributed by atoms with Crippen molar-refractivity contribution in [1.82, 2.24) is 5.43 Å². The molecule has 0 radical (unpaired) electrons. The number of amides is 1. The molecule has 0 aliphatic carbocycles. The fourth-order valence-electron chi connectivity index (χ4n) is 1.67. The van der Waals surface area contributed by atoms with Gasteiger partial charge in [-0.1, -0.05) is 53.6 Å². The van der Waals surface area contributed by atoms with Crippen molar-refractivity contribution in [2.75, 3.05) is 6.61 Å². The number of rotatable bonds is 5. The average molecular weight is 303 g/mol. The number of carbonyl (C=O) groups is 1. The lowest BCUT2D eigenvalue weighted by Crippen LogP contribution is -2.24. The Morgan fingerprint density at radius 3 is 2.86 bits per heavy atom. The van der Waals surface area contributed by atoms with Gasteiger partial charge >= 0.3 is 0 Å². The number of carbonyl (C=O) groups excluding carboxylic acids is 1. The van der Waals surface area contributed by atoms with Crippen LogP contribution in [0, 0.1) is 6.92 Å². The summed E-state index contributed by atoms with van der Waals surface area (Å²) in [6, 6.07) is 14.8. The van der Waals surface area contributed by atoms with Gasteiger partial charge in [0.1, 0.15) is 5.75 Å². The number of halogens is 1. The van der Waals surface area contributed by atoms with Crippen molar-refractivity contribution in [2.24, 2.45) is 5.10 Å². The Bertz CT molecular complexity index is 656. The molecule has 0 saturated carbocycles. The first kappa shape index (κ1) is 15.1. The molecule has 0 heterocycles. The van der Waals surface area contributed by atoms with Crippen molar-refractivity contribution in [1.29, 1.82) is 0 Å². The predicted octanol–water partition coefficient (Wildman–Crippen LogP) is 3.18. The van der Waals surface area contributed by atoms with Crippen LogP contribution in [0.3, 0.4) is 0 Å². The number of ether oxygens (including phenoxy) is 1. The van der Waals surface area contributed by atoms with Gasteiger partial charge in [0.05, 0.1) is 11.2 Å². The van der Waals surface area contributed by atoms with Crippen LogP contribution in [-0.2, 0) is 4.79 Å². The zero-order chi connectivity index (χ0) is 15.1. The highest BCUT2D eigenvalue weighted by atomic mass is 35.5. The quantitative estimate of drug-likeness (QED) is 0.681. The molecule has 1 amide bonds. The molecule has 0 bridgehead atoms. The summed E-state index contributed by atoms with van der Waals surface area (Å²) < 4.78 is 5.30. The average Bonchev–Trinajstić information content (AvgIpc) is 2.46. The fraction of sp³-hybridized carbons (Fsp3) is 0.125. The summed E-state index contributed by atoms with van der Waals surface area (Å²) in [4.78, 5) is 11.6. The van der Waals surface area contributed by atoms with E-state index in [4.69, 9.17) is 16.3 Å². The lowest BCUT2D eigenvalue weighted by Gasteiger charge is -2.06. The topological polar surface area (TPSA) is 50.7 Å². The number of hydrazone groups is 1. The molecule has 0 saturated heterocycles. The van der Waals surface area contributed by atoms with Crippen molar-refractivity contribution in [3.63, 3.8) is 0 Å². The molecule has 2 aromatic rings. The summed E-state index contributed by atoms with van der Waals surface area (Å²) in [6.07, 6.45) is 1.58. The minimum absolute atomic E-state index is 0.144. The normalized spacial score (nSPS) is 10.6. The largest absolute Gasteiger partial charge is 0.482 e. The van der Waals surface area contributed by atoms with Crippen LogP contribution in [-0.4, -0.2) is 18.7 Å². The fourth-order valence-corrected chi connectivity index (χ4v) is 1.86. The van der Waals surface area contributed by atoms with E-state index in [1.165, 1.54) is 0 Å². The third-order valence-corrected chi connectivity index (χ3v) is 2.95. The van der Waals surface area contributed by atoms with Crippen LogP contribution in [0.4, 0.5) is 0 Å². The second-order valence-electron chi connectivity index (χ2n) is 4.43. The van der Waals surface area contributed by atoms with Gasteiger partial charge in [-0.2, -0.15) is 5.10 Å². The van der Waals surface area contributed by atoms with Gasteiger partial charge in [0, 0.05) is 0 Å². The van der Waals surface area contributed by atoms with Crippen molar-refractivity contribution < 1.29 is 9.53 Å². The maximum Gasteiger partial charge on any atom is 0.277 e. The van der Waals surface area contributed by atoms with Gasteiger partial charge < -0.3 is 4.74 Å². The van der Waals surface area contributed by atoms with E-state index in [1.54, 1.807) is 30.5 Å². The number of benzene rings is 2. The van der Waals surface area contributed by atoms with Crippen molar-refractivity contribution in [3.8, 4) is 5.75 Å². The van der Waals surface area contributed by atoms with Crippen molar-refractivity contribution in [2.45, 2.75) is 6.92 Å². The highest BCUT2D eigenvalue weighted by Gasteiger charge is 2.03. The smallest absolute Gasteiger partial charge is 0.277 e. The molecule has 4 nitrogen and oxygen atoms in total. The Kier molecular flexibility index (Phi) is 5.35. The summed E-state index contributed by atoms with van der Waals surface area (Å²) in [6.45, 7) is 1.85. The van der Waals surface area contributed by atoms with E-state index in [0.29, 0.717) is 10.8 Å². The van der Waals surface area contributed by atoms with Crippen LogP contribution in [0.1, 0.15) is 11.1 Å². The van der Waals surface area contributed by atoms with E-state index in [9.17, 15) is 4.79 Å². The Balaban J connectivity index is 1.81. The van der Waals surface area contributed by atoms with E-state index >= 15 is 0 Å². The molecule has 0 fully saturated rings. The van der Waals surface area contributed by atoms with Crippen LogP contribution >= 0.6 is 11.6 Å². The molecular formula is C16H15ClN2O2. The number of aryl methyl sites for hydroxylation is 1. The molecular weight excluding hydrogens is 288 g/mol. The third kappa shape index (κ3) is 4.93. The highest BCUT2D eigenvalue weighted by molar-refractivity contribution is 6.32. The van der Waals surface area contributed by atoms with Gasteiger partial charge in [-0.3, -0.25) is 4.79 Å². The molecule has 0 atom stereocenters. The minimum Gasteiger partial charge on any atom is -0.482 e. The molecule has 1 N–H and O–H groups in total. The summed E-state index contributed by atoms with van der Waals surface area (Å²) >= 11 is 5.92. The van der Waals surface area contributed by atoms with Gasteiger partial charge in [0.2, 0.25) is 0 Å². The number of para-hydroxylation sites is 1. The molecule has 0 aromatic heterocycles. The first-order valence-corrected chi connectivity index (χ1v) is 6.79. The molecule has 0 spiro atoms. The van der Waals surface area contributed by atoms with E-state index in [1.807, 2.05) is 31.2 Å². The SMILES string of the molecule is Cc1cccc(/C=N\NC(=O)COc2ccccc2Cl)c1. The van der Waals surface area contributed by atoms with Gasteiger partial charge in [-0.25, -0.2) is 5.43 Å². The molecule has 108 valence electrons. The van der Waals surface area contributed by atoms with Crippen molar-refractivity contribution >= 4 is 23.7 Å². The highest BCUT2D eigenvalue weighted by Crippen LogP contribution is 2.22. The third-order valence-electron chi connectivity index (χ3n) is 2.64. The van der Waals surface area contributed by atoms with Crippen LogP contribution in [0.15, 0.2) is 53.6 Å². The Morgan fingerprint density at radius 2 is 2.10 bits per heavy atom. The van der Waals surface area contributed by atoms with Gasteiger partial charge in [-0.05, 0) is 24.6 Å². The summed E-state index contributed by atoms with van der Waals surface area (Å²) in [5.74, 6) is 0.121. The molecule has 0 aliphatic heterocycles. The molecule has 5 heteroatoms. The molecule has 2 aromatic carbocycles. The van der Waals surface area contributed by atoms with Gasteiger partial charge in [0.15, 0.2) is 6.61 Å². The Morgan fingerprint density at radius 1 is 1.29 bits per heavy atom. The van der Waals surface area contributed by atoms with Gasteiger partial charge in [0.25, 0.3) is 5.91 Å². The minimum atomic E-state index is -0.348. The monoisotopic (exact) mass is 302 g/mol. The van der Waals surface area contributed by atoms with Crippen LogP contribution in [0.2, 0.25) is 5.02 Å². The lowest BCUT2D eigenvalue weighted by atomic mass is 10.2. The van der Waals surface area contributed by atoms with Crippen LogP contribution in [0.5, 0.6) is 5.75 Å². The lowest BCUT2D eigenvalue weighted by molar-refractivity contribution is -0.123. The Labute approximate surface area is 128 Å². The standard InChI is InChI=1S/C16H15ClN2O2/c1-12-5-4-6-13(9-12)10-18-19-16(20)11-21-15-8-3-2-7-14(15)17/h2-10H,11H2,1H3,(H,19,20)/b18-10-. The number of nitrogens with zero attached hydrogens (tertiary/aromatic N) is 1. The van der Waals surface area contributed by atoms with Crippen molar-refractivity contribution in [3.05, 3.63) is 64.7 Å². The van der Waals surface area contributed by atoms with E-state index in [2.05, 4.69) is 10.5 Å². The zero-order valence-corrected chi connectivity index (χ0v) is 12.3. The molecule has 0 unspecified atom stereocenters. The number of hydrogen-bond acceptors (Lipinski definition) is 3. The van der Waals surface area contributed by atoms with E-state index in [-0.39, 0.29) is 12.5 Å². The van der Waals surface area contributed by atoms with E-state index in [0.717, 1.165) is 11.1 Å². The second kappa shape index (κ2) is 7.45. The van der Waals surface area contributed by atoms with Crippen LogP contribution < -0.4 is 10.2 Å². The van der Waals surface area contributed by atoms with Gasteiger partial charge in [-0.15, -0.1) is 0 Å². The summed E-state index contributed by atoms with van der Waals surface area (Å²) in [5.41, 5.74) is 4.45. The van der Waals surface area contributed by atoms with E-state index < -0.39 is 0 Å². The number of hydrogen-bond donors (Lipinski definition) is 1. The molecule has 21 heavy (non-hydrogen) atoms. The van der Waals surface area contributed by atoms with Crippen LogP contribution in [0.25, 0.3) is 0 Å². The maximum absolute atomic E-state index is 11.6. The molecule has 0 aliphatic rings. The summed E-state index contributed by atoms with van der Waals surface area (Å²) in [5, 5.41) is 4.35. The number of nitrogens with one attached hydrogen (secondary N) is 1. The zero-order valence-electron chi connectivity index (χ0n) is 11.5. The molecule has 2 rings (SSSR count). The Hall–Kier alpha value is -2.33. The first-order chi connectivity index (χ1) is 10.1. The maximum atomic E-state index is 11.6.